The molecule has 1 aromatic rings. The molecule has 0 saturated heterocycles. The zero-order valence-electron chi connectivity index (χ0n) is 14.9. The Morgan fingerprint density at radius 2 is 1.96 bits per heavy atom. The molecule has 0 aromatic heterocycles. The van der Waals surface area contributed by atoms with E-state index in [0.29, 0.717) is 5.75 Å². The molecule has 0 aliphatic heterocycles. The first-order valence-corrected chi connectivity index (χ1v) is 8.31. The largest absolute Gasteiger partial charge is 0.504 e. The van der Waals surface area contributed by atoms with Crippen LogP contribution in [0.4, 0.5) is 0 Å². The Bertz CT molecular complexity index is 706. The lowest BCUT2D eigenvalue weighted by Gasteiger charge is -2.32. The number of allylic oxidation sites excluding steroid dienone is 5. The molecule has 3 nitrogen and oxygen atoms in total. The number of ketones is 1. The van der Waals surface area contributed by atoms with Crippen LogP contribution in [-0.4, -0.2) is 18.0 Å². The Kier molecular flexibility index (Phi) is 5.66. The maximum atomic E-state index is 12.1. The minimum absolute atomic E-state index is 0.0624. The van der Waals surface area contributed by atoms with Gasteiger partial charge in [0.15, 0.2) is 17.3 Å². The number of ether oxygens (including phenoxy) is 1. The molecule has 2 rings (SSSR count). The summed E-state index contributed by atoms with van der Waals surface area (Å²) in [5.74, 6) is 0.416. The van der Waals surface area contributed by atoms with Crippen LogP contribution in [0, 0.1) is 5.41 Å². The van der Waals surface area contributed by atoms with Gasteiger partial charge in [-0.25, -0.2) is 0 Å². The molecule has 24 heavy (non-hydrogen) atoms. The molecule has 1 aliphatic rings. The third-order valence-electron chi connectivity index (χ3n) is 4.60. The van der Waals surface area contributed by atoms with Crippen LogP contribution in [0.5, 0.6) is 11.5 Å². The monoisotopic (exact) mass is 326 g/mol. The SMILES string of the molecule is COc1ccc(/C=C/C(=O)/C=C/C2=C(C)CCCC2(C)C)cc1O. The lowest BCUT2D eigenvalue weighted by atomic mass is 9.72. The number of carbonyl (C=O) groups is 1. The summed E-state index contributed by atoms with van der Waals surface area (Å²) < 4.78 is 5.00. The van der Waals surface area contributed by atoms with Crippen LogP contribution in [0.15, 0.2) is 47.6 Å². The van der Waals surface area contributed by atoms with Crippen LogP contribution in [0.2, 0.25) is 0 Å². The molecule has 1 N–H and O–H groups in total. The number of benzene rings is 1. The fourth-order valence-corrected chi connectivity index (χ4v) is 3.22. The summed E-state index contributed by atoms with van der Waals surface area (Å²) in [6, 6.07) is 5.04. The predicted molar refractivity (Wildman–Crippen MR) is 98.2 cm³/mol. The lowest BCUT2D eigenvalue weighted by molar-refractivity contribution is -0.110. The van der Waals surface area contributed by atoms with Crippen molar-refractivity contribution in [1.29, 1.82) is 0 Å². The van der Waals surface area contributed by atoms with Gasteiger partial charge >= 0.3 is 0 Å². The highest BCUT2D eigenvalue weighted by Gasteiger charge is 2.26. The van der Waals surface area contributed by atoms with E-state index in [0.717, 1.165) is 18.4 Å². The van der Waals surface area contributed by atoms with Gasteiger partial charge < -0.3 is 9.84 Å². The molecule has 0 atom stereocenters. The first-order valence-electron chi connectivity index (χ1n) is 8.31. The zero-order chi connectivity index (χ0) is 17.7. The molecule has 3 heteroatoms. The van der Waals surface area contributed by atoms with Crippen LogP contribution >= 0.6 is 0 Å². The Morgan fingerprint density at radius 3 is 2.58 bits per heavy atom. The molecular formula is C21H26O3. The number of phenolic OH excluding ortho intramolecular Hbond substituents is 1. The lowest BCUT2D eigenvalue weighted by Crippen LogP contribution is -2.19. The van der Waals surface area contributed by atoms with Gasteiger partial charge in [0, 0.05) is 0 Å². The van der Waals surface area contributed by atoms with Crippen LogP contribution in [0.25, 0.3) is 6.08 Å². The first-order chi connectivity index (χ1) is 11.3. The molecule has 0 saturated carbocycles. The van der Waals surface area contributed by atoms with Crippen molar-refractivity contribution in [2.45, 2.75) is 40.0 Å². The third-order valence-corrected chi connectivity index (χ3v) is 4.60. The van der Waals surface area contributed by atoms with Gasteiger partial charge in [-0.1, -0.05) is 37.6 Å². The minimum Gasteiger partial charge on any atom is -0.504 e. The maximum absolute atomic E-state index is 12.1. The second-order valence-electron chi connectivity index (χ2n) is 6.93. The smallest absolute Gasteiger partial charge is 0.178 e. The fourth-order valence-electron chi connectivity index (χ4n) is 3.22. The van der Waals surface area contributed by atoms with E-state index in [1.165, 1.54) is 30.8 Å². The molecule has 1 aromatic carbocycles. The zero-order valence-corrected chi connectivity index (χ0v) is 14.9. The van der Waals surface area contributed by atoms with E-state index >= 15 is 0 Å². The van der Waals surface area contributed by atoms with E-state index in [-0.39, 0.29) is 16.9 Å². The highest BCUT2D eigenvalue weighted by atomic mass is 16.5. The van der Waals surface area contributed by atoms with E-state index < -0.39 is 0 Å². The van der Waals surface area contributed by atoms with Crippen molar-refractivity contribution in [3.8, 4) is 11.5 Å². The molecular weight excluding hydrogens is 300 g/mol. The summed E-state index contributed by atoms with van der Waals surface area (Å²) in [5.41, 5.74) is 3.53. The predicted octanol–water partition coefficient (Wildman–Crippen LogP) is 5.07. The van der Waals surface area contributed by atoms with Gasteiger partial charge in [0.2, 0.25) is 0 Å². The molecule has 0 radical (unpaired) electrons. The van der Waals surface area contributed by atoms with Crippen molar-refractivity contribution >= 4 is 11.9 Å². The normalized spacial score (nSPS) is 17.7. The van der Waals surface area contributed by atoms with Crippen molar-refractivity contribution in [3.63, 3.8) is 0 Å². The van der Waals surface area contributed by atoms with E-state index in [2.05, 4.69) is 20.8 Å². The van der Waals surface area contributed by atoms with E-state index in [4.69, 9.17) is 4.74 Å². The standard InChI is InChI=1S/C21H26O3/c1-15-6-5-13-21(2,3)18(15)11-10-17(22)9-7-16-8-12-20(24-4)19(23)14-16/h7-12,14,23H,5-6,13H2,1-4H3/b9-7+,11-10+. The average Bonchev–Trinajstić information content (AvgIpc) is 2.52. The quantitative estimate of drug-likeness (QED) is 0.769. The fraction of sp³-hybridized carbons (Fsp3) is 0.381. The van der Waals surface area contributed by atoms with Crippen molar-refractivity contribution in [2.75, 3.05) is 7.11 Å². The van der Waals surface area contributed by atoms with E-state index in [1.807, 2.05) is 6.08 Å². The summed E-state index contributed by atoms with van der Waals surface area (Å²) in [6.45, 7) is 6.62. The van der Waals surface area contributed by atoms with Gasteiger partial charge in [0.05, 0.1) is 7.11 Å². The second-order valence-corrected chi connectivity index (χ2v) is 6.93. The molecule has 0 bridgehead atoms. The van der Waals surface area contributed by atoms with E-state index in [1.54, 1.807) is 30.4 Å². The number of rotatable bonds is 5. The number of aromatic hydroxyl groups is 1. The molecule has 0 unspecified atom stereocenters. The number of carbonyl (C=O) groups excluding carboxylic acids is 1. The van der Waals surface area contributed by atoms with Crippen LogP contribution in [0.3, 0.4) is 0 Å². The Hall–Kier alpha value is -2.29. The number of methoxy groups -OCH3 is 1. The van der Waals surface area contributed by atoms with Gasteiger partial charge in [0.1, 0.15) is 0 Å². The molecule has 0 amide bonds. The van der Waals surface area contributed by atoms with Crippen molar-refractivity contribution < 1.29 is 14.6 Å². The average molecular weight is 326 g/mol. The Balaban J connectivity index is 2.09. The molecule has 0 heterocycles. The van der Waals surface area contributed by atoms with Crippen molar-refractivity contribution in [3.05, 3.63) is 53.1 Å². The maximum Gasteiger partial charge on any atom is 0.178 e. The molecule has 128 valence electrons. The summed E-state index contributed by atoms with van der Waals surface area (Å²) in [6.07, 6.45) is 10.3. The topological polar surface area (TPSA) is 46.5 Å². The summed E-state index contributed by atoms with van der Waals surface area (Å²) in [5, 5.41) is 9.75. The Morgan fingerprint density at radius 1 is 1.25 bits per heavy atom. The van der Waals surface area contributed by atoms with E-state index in [9.17, 15) is 9.90 Å². The minimum atomic E-state index is -0.0630. The number of hydrogen-bond donors (Lipinski definition) is 1. The van der Waals surface area contributed by atoms with Gasteiger partial charge in [-0.05, 0) is 67.0 Å². The number of phenols is 1. The summed E-state index contributed by atoms with van der Waals surface area (Å²) in [7, 11) is 1.50. The highest BCUT2D eigenvalue weighted by Crippen LogP contribution is 2.40. The molecule has 0 spiro atoms. The Labute approximate surface area is 144 Å². The summed E-state index contributed by atoms with van der Waals surface area (Å²) >= 11 is 0. The second kappa shape index (κ2) is 7.52. The van der Waals surface area contributed by atoms with Gasteiger partial charge in [-0.15, -0.1) is 0 Å². The van der Waals surface area contributed by atoms with Gasteiger partial charge in [-0.2, -0.15) is 0 Å². The van der Waals surface area contributed by atoms with Crippen LogP contribution < -0.4 is 4.74 Å². The summed E-state index contributed by atoms with van der Waals surface area (Å²) in [4.78, 5) is 12.1. The molecule has 1 aliphatic carbocycles. The number of hydrogen-bond acceptors (Lipinski definition) is 3. The van der Waals surface area contributed by atoms with Gasteiger partial charge in [-0.3, -0.25) is 4.79 Å². The van der Waals surface area contributed by atoms with Gasteiger partial charge in [0.25, 0.3) is 0 Å². The highest BCUT2D eigenvalue weighted by molar-refractivity contribution is 6.02. The van der Waals surface area contributed by atoms with Crippen LogP contribution in [0.1, 0.15) is 45.6 Å². The first kappa shape index (κ1) is 18.1. The van der Waals surface area contributed by atoms with Crippen molar-refractivity contribution in [1.82, 2.24) is 0 Å². The molecule has 0 fully saturated rings. The third kappa shape index (κ3) is 4.38. The van der Waals surface area contributed by atoms with Crippen molar-refractivity contribution in [2.24, 2.45) is 5.41 Å². The van der Waals surface area contributed by atoms with Crippen LogP contribution in [-0.2, 0) is 4.79 Å².